The molecule has 222 valence electrons. The number of benzene rings is 2. The molecule has 0 spiro atoms. The van der Waals surface area contributed by atoms with E-state index in [9.17, 15) is 9.59 Å². The SMILES string of the molecule is CCCCC(CC)COC(=O)OCOc1ccc2c(c1)[C@@]13CCCC[C@H]1[C@@H](C2)N(C(=O)OCc1ccccc1)CC3. The molecule has 1 unspecified atom stereocenters. The van der Waals surface area contributed by atoms with Gasteiger partial charge < -0.3 is 23.8 Å². The zero-order valence-electron chi connectivity index (χ0n) is 24.6. The Kier molecular flexibility index (Phi) is 9.73. The van der Waals surface area contributed by atoms with Crippen LogP contribution in [0.15, 0.2) is 48.5 Å². The molecule has 1 heterocycles. The minimum atomic E-state index is -0.682. The van der Waals surface area contributed by atoms with Crippen molar-refractivity contribution in [1.82, 2.24) is 4.90 Å². The minimum absolute atomic E-state index is 0.0412. The smallest absolute Gasteiger partial charge is 0.457 e. The number of ether oxygens (including phenoxy) is 4. The van der Waals surface area contributed by atoms with Crippen LogP contribution >= 0.6 is 0 Å². The van der Waals surface area contributed by atoms with Crippen molar-refractivity contribution in [3.05, 3.63) is 65.2 Å². The standard InChI is InChI=1S/C34H45NO6/c1-3-5-11-25(4-2)22-39-33(37)41-24-40-28-16-15-27-20-31-29-14-9-10-17-34(29,30(27)21-28)18-19-35(31)32(36)38-23-26-12-7-6-8-13-26/h6-8,12-13,15-16,21,25,29,31H,3-5,9-11,14,17-20,22-24H2,1-2H3/t25?,29-,31+,34+/m0/s1. The van der Waals surface area contributed by atoms with Crippen molar-refractivity contribution in [2.24, 2.45) is 11.8 Å². The Balaban J connectivity index is 1.21. The number of hydrogen-bond donors (Lipinski definition) is 0. The van der Waals surface area contributed by atoms with E-state index in [1.807, 2.05) is 41.3 Å². The largest absolute Gasteiger partial charge is 0.511 e. The van der Waals surface area contributed by atoms with Gasteiger partial charge in [-0.15, -0.1) is 0 Å². The highest BCUT2D eigenvalue weighted by Crippen LogP contribution is 2.56. The number of piperidine rings is 1. The maximum Gasteiger partial charge on any atom is 0.511 e. The molecule has 1 saturated carbocycles. The summed E-state index contributed by atoms with van der Waals surface area (Å²) in [7, 11) is 0. The molecule has 2 aromatic rings. The number of hydrogen-bond acceptors (Lipinski definition) is 6. The Morgan fingerprint density at radius 2 is 1.88 bits per heavy atom. The van der Waals surface area contributed by atoms with Gasteiger partial charge in [0.2, 0.25) is 6.79 Å². The molecular weight excluding hydrogens is 518 g/mol. The van der Waals surface area contributed by atoms with Gasteiger partial charge in [0.05, 0.1) is 6.61 Å². The van der Waals surface area contributed by atoms with E-state index in [-0.39, 0.29) is 24.3 Å². The molecule has 2 fully saturated rings. The molecule has 1 aliphatic heterocycles. The minimum Gasteiger partial charge on any atom is -0.457 e. The molecule has 7 heteroatoms. The molecular formula is C34H45NO6. The average Bonchev–Trinajstić information content (AvgIpc) is 3.00. The summed E-state index contributed by atoms with van der Waals surface area (Å²) in [6.45, 7) is 5.49. The van der Waals surface area contributed by atoms with Crippen molar-refractivity contribution in [2.75, 3.05) is 19.9 Å². The highest BCUT2D eigenvalue weighted by atomic mass is 16.8. The summed E-state index contributed by atoms with van der Waals surface area (Å²) in [5.41, 5.74) is 3.66. The zero-order valence-corrected chi connectivity index (χ0v) is 24.6. The van der Waals surface area contributed by atoms with Crippen LogP contribution in [-0.4, -0.2) is 43.1 Å². The van der Waals surface area contributed by atoms with E-state index in [0.717, 1.165) is 56.9 Å². The van der Waals surface area contributed by atoms with Crippen LogP contribution in [0.5, 0.6) is 5.75 Å². The predicted molar refractivity (Wildman–Crippen MR) is 157 cm³/mol. The lowest BCUT2D eigenvalue weighted by molar-refractivity contribution is -0.0146. The Labute approximate surface area is 244 Å². The van der Waals surface area contributed by atoms with Gasteiger partial charge in [0.15, 0.2) is 0 Å². The number of carbonyl (C=O) groups is 2. The van der Waals surface area contributed by atoms with Crippen LogP contribution < -0.4 is 4.74 Å². The van der Waals surface area contributed by atoms with Gasteiger partial charge in [0.25, 0.3) is 0 Å². The number of rotatable bonds is 11. The third-order valence-corrected chi connectivity index (χ3v) is 9.63. The molecule has 5 rings (SSSR count). The summed E-state index contributed by atoms with van der Waals surface area (Å²) >= 11 is 0. The molecule has 0 radical (unpaired) electrons. The van der Waals surface area contributed by atoms with Gasteiger partial charge in [-0.1, -0.05) is 82.3 Å². The first kappa shape index (κ1) is 29.3. The summed E-state index contributed by atoms with van der Waals surface area (Å²) in [6, 6.07) is 16.2. The summed E-state index contributed by atoms with van der Waals surface area (Å²) in [5.74, 6) is 1.47. The highest BCUT2D eigenvalue weighted by Gasteiger charge is 2.55. The third kappa shape index (κ3) is 6.65. The molecule has 7 nitrogen and oxygen atoms in total. The number of fused-ring (bicyclic) bond motifs is 1. The second-order valence-electron chi connectivity index (χ2n) is 12.0. The third-order valence-electron chi connectivity index (χ3n) is 9.63. The number of likely N-dealkylation sites (tertiary alicyclic amines) is 1. The van der Waals surface area contributed by atoms with Gasteiger partial charge in [-0.2, -0.15) is 0 Å². The van der Waals surface area contributed by atoms with Crippen molar-refractivity contribution in [2.45, 2.75) is 96.1 Å². The highest BCUT2D eigenvalue weighted by molar-refractivity contribution is 5.69. The second-order valence-corrected chi connectivity index (χ2v) is 12.0. The maximum atomic E-state index is 13.3. The monoisotopic (exact) mass is 563 g/mol. The normalized spacial score (nSPS) is 23.5. The molecule has 4 atom stereocenters. The fraction of sp³-hybridized carbons (Fsp3) is 0.588. The van der Waals surface area contributed by atoms with Gasteiger partial charge in [-0.05, 0) is 72.8 Å². The molecule has 2 bridgehead atoms. The van der Waals surface area contributed by atoms with E-state index < -0.39 is 6.16 Å². The van der Waals surface area contributed by atoms with Crippen LogP contribution in [-0.2, 0) is 32.7 Å². The Morgan fingerprint density at radius 1 is 1.02 bits per heavy atom. The lowest BCUT2D eigenvalue weighted by Crippen LogP contribution is -2.62. The van der Waals surface area contributed by atoms with E-state index >= 15 is 0 Å². The first-order chi connectivity index (χ1) is 20.0. The molecule has 0 N–H and O–H groups in total. The number of nitrogens with zero attached hydrogens (tertiary/aromatic N) is 1. The van der Waals surface area contributed by atoms with E-state index in [1.54, 1.807) is 0 Å². The van der Waals surface area contributed by atoms with Gasteiger partial charge in [0, 0.05) is 18.0 Å². The van der Waals surface area contributed by atoms with E-state index in [0.29, 0.717) is 37.3 Å². The second kappa shape index (κ2) is 13.6. The van der Waals surface area contributed by atoms with Crippen LogP contribution in [0.2, 0.25) is 0 Å². The van der Waals surface area contributed by atoms with Gasteiger partial charge in [-0.3, -0.25) is 0 Å². The topological polar surface area (TPSA) is 74.3 Å². The maximum absolute atomic E-state index is 13.3. The molecule has 2 aromatic carbocycles. The number of carbonyl (C=O) groups excluding carboxylic acids is 2. The summed E-state index contributed by atoms with van der Waals surface area (Å²) in [5, 5.41) is 0. The Bertz CT molecular complexity index is 1170. The van der Waals surface area contributed by atoms with Gasteiger partial charge >= 0.3 is 12.2 Å². The van der Waals surface area contributed by atoms with Gasteiger partial charge in [0.1, 0.15) is 12.4 Å². The van der Waals surface area contributed by atoms with Crippen LogP contribution in [0.4, 0.5) is 9.59 Å². The lowest BCUT2D eigenvalue weighted by Gasteiger charge is -2.58. The van der Waals surface area contributed by atoms with Crippen LogP contribution in [0.3, 0.4) is 0 Å². The molecule has 1 saturated heterocycles. The van der Waals surface area contributed by atoms with Crippen molar-refractivity contribution >= 4 is 12.2 Å². The van der Waals surface area contributed by atoms with Crippen LogP contribution in [0.1, 0.15) is 88.3 Å². The van der Waals surface area contributed by atoms with Crippen molar-refractivity contribution in [3.63, 3.8) is 0 Å². The Hall–Kier alpha value is -3.22. The average molecular weight is 564 g/mol. The molecule has 2 aliphatic carbocycles. The molecule has 1 amide bonds. The lowest BCUT2D eigenvalue weighted by atomic mass is 9.52. The van der Waals surface area contributed by atoms with Crippen molar-refractivity contribution in [1.29, 1.82) is 0 Å². The summed E-state index contributed by atoms with van der Waals surface area (Å²) < 4.78 is 22.2. The Morgan fingerprint density at radius 3 is 2.68 bits per heavy atom. The van der Waals surface area contributed by atoms with Crippen LogP contribution in [0.25, 0.3) is 0 Å². The van der Waals surface area contributed by atoms with E-state index in [1.165, 1.54) is 24.0 Å². The summed E-state index contributed by atoms with van der Waals surface area (Å²) in [4.78, 5) is 27.4. The molecule has 3 aliphatic rings. The van der Waals surface area contributed by atoms with E-state index in [2.05, 4.69) is 26.0 Å². The zero-order chi connectivity index (χ0) is 28.7. The van der Waals surface area contributed by atoms with Crippen LogP contribution in [0, 0.1) is 11.8 Å². The number of unbranched alkanes of at least 4 members (excludes halogenated alkanes) is 1. The molecule has 0 aromatic heterocycles. The fourth-order valence-electron chi connectivity index (χ4n) is 7.37. The summed E-state index contributed by atoms with van der Waals surface area (Å²) in [6.07, 6.45) is 9.78. The van der Waals surface area contributed by atoms with Gasteiger partial charge in [-0.25, -0.2) is 9.59 Å². The number of amides is 1. The predicted octanol–water partition coefficient (Wildman–Crippen LogP) is 7.79. The quantitative estimate of drug-likeness (QED) is 0.205. The molecule has 41 heavy (non-hydrogen) atoms. The van der Waals surface area contributed by atoms with Crippen molar-refractivity contribution in [3.8, 4) is 5.75 Å². The first-order valence-electron chi connectivity index (χ1n) is 15.6. The van der Waals surface area contributed by atoms with Crippen molar-refractivity contribution < 1.29 is 28.5 Å². The fourth-order valence-corrected chi connectivity index (χ4v) is 7.37. The first-order valence-corrected chi connectivity index (χ1v) is 15.6. The van der Waals surface area contributed by atoms with E-state index in [4.69, 9.17) is 18.9 Å².